The molecule has 4 atom stereocenters. The van der Waals surface area contributed by atoms with E-state index in [-0.39, 0.29) is 5.60 Å². The van der Waals surface area contributed by atoms with Gasteiger partial charge in [0.25, 0.3) is 0 Å². The predicted molar refractivity (Wildman–Crippen MR) is 80.9 cm³/mol. The van der Waals surface area contributed by atoms with Gasteiger partial charge in [-0.05, 0) is 61.3 Å². The fourth-order valence-corrected chi connectivity index (χ4v) is 5.48. The molecule has 4 saturated carbocycles. The maximum Gasteiger partial charge on any atom is 0.104 e. The third-order valence-corrected chi connectivity index (χ3v) is 6.62. The third kappa shape index (κ3) is 1.92. The fourth-order valence-electron chi connectivity index (χ4n) is 5.48. The average molecular weight is 284 g/mol. The van der Waals surface area contributed by atoms with Crippen molar-refractivity contribution in [2.24, 2.45) is 23.7 Å². The standard InChI is InChI=1S/C19H24O2/c1-2-4-15(5-3-1)19(21-12-16-11-20-16)7-6-17-14-8-13(9-14)10-18(17)19/h1-5,13-14,16-18H,6-12H2. The molecule has 112 valence electrons. The van der Waals surface area contributed by atoms with Crippen LogP contribution >= 0.6 is 0 Å². The molecular weight excluding hydrogens is 260 g/mol. The molecule has 1 aromatic carbocycles. The van der Waals surface area contributed by atoms with E-state index in [1.165, 1.54) is 37.7 Å². The Balaban J connectivity index is 1.49. The van der Waals surface area contributed by atoms with Crippen LogP contribution in [0, 0.1) is 23.7 Å². The summed E-state index contributed by atoms with van der Waals surface area (Å²) in [6, 6.07) is 11.0. The summed E-state index contributed by atoms with van der Waals surface area (Å²) in [5, 5.41) is 0. The zero-order valence-electron chi connectivity index (χ0n) is 12.5. The molecule has 1 heterocycles. The second-order valence-corrected chi connectivity index (χ2v) is 7.66. The summed E-state index contributed by atoms with van der Waals surface area (Å²) in [6.45, 7) is 1.68. The van der Waals surface area contributed by atoms with Crippen LogP contribution in [0.1, 0.15) is 37.7 Å². The van der Waals surface area contributed by atoms with Gasteiger partial charge in [-0.2, -0.15) is 0 Å². The molecule has 0 N–H and O–H groups in total. The molecule has 1 saturated heterocycles. The normalized spacial score (nSPS) is 46.8. The highest BCUT2D eigenvalue weighted by Crippen LogP contribution is 2.63. The maximum absolute atomic E-state index is 6.61. The summed E-state index contributed by atoms with van der Waals surface area (Å²) >= 11 is 0. The van der Waals surface area contributed by atoms with Gasteiger partial charge in [-0.15, -0.1) is 0 Å². The highest BCUT2D eigenvalue weighted by molar-refractivity contribution is 5.27. The summed E-state index contributed by atoms with van der Waals surface area (Å²) in [4.78, 5) is 0. The lowest BCUT2D eigenvalue weighted by Gasteiger charge is -2.52. The van der Waals surface area contributed by atoms with Crippen LogP contribution in [0.15, 0.2) is 30.3 Å². The minimum absolute atomic E-state index is 0.0186. The van der Waals surface area contributed by atoms with E-state index in [9.17, 15) is 0 Å². The van der Waals surface area contributed by atoms with Crippen LogP contribution in [0.3, 0.4) is 0 Å². The number of rotatable bonds is 4. The molecule has 0 amide bonds. The number of ether oxygens (including phenoxy) is 2. The van der Waals surface area contributed by atoms with E-state index in [0.717, 1.165) is 36.9 Å². The lowest BCUT2D eigenvalue weighted by atomic mass is 9.54. The smallest absolute Gasteiger partial charge is 0.104 e. The van der Waals surface area contributed by atoms with Gasteiger partial charge in [-0.1, -0.05) is 30.3 Å². The molecule has 0 aromatic heterocycles. The van der Waals surface area contributed by atoms with Crippen LogP contribution < -0.4 is 0 Å². The molecule has 0 spiro atoms. The number of hydrogen-bond acceptors (Lipinski definition) is 2. The number of benzene rings is 1. The molecule has 5 fully saturated rings. The van der Waals surface area contributed by atoms with Crippen molar-refractivity contribution in [2.75, 3.05) is 13.2 Å². The Bertz CT molecular complexity index is 518. The van der Waals surface area contributed by atoms with Crippen molar-refractivity contribution >= 4 is 0 Å². The second-order valence-electron chi connectivity index (χ2n) is 7.66. The van der Waals surface area contributed by atoms with Crippen LogP contribution in [-0.4, -0.2) is 19.3 Å². The van der Waals surface area contributed by atoms with Crippen LogP contribution in [0.2, 0.25) is 0 Å². The minimum Gasteiger partial charge on any atom is -0.371 e. The van der Waals surface area contributed by atoms with E-state index >= 15 is 0 Å². The molecular formula is C19H24O2. The first-order chi connectivity index (χ1) is 10.4. The molecule has 1 aliphatic heterocycles. The van der Waals surface area contributed by atoms with E-state index in [2.05, 4.69) is 30.3 Å². The average Bonchev–Trinajstić information content (AvgIpc) is 3.25. The van der Waals surface area contributed by atoms with Gasteiger partial charge in [0.05, 0.1) is 18.8 Å². The van der Waals surface area contributed by atoms with Crippen LogP contribution in [-0.2, 0) is 15.1 Å². The number of epoxide rings is 1. The van der Waals surface area contributed by atoms with Crippen LogP contribution in [0.25, 0.3) is 0 Å². The predicted octanol–water partition coefficient (Wildman–Crippen LogP) is 3.75. The van der Waals surface area contributed by atoms with Crippen molar-refractivity contribution in [1.82, 2.24) is 0 Å². The molecule has 21 heavy (non-hydrogen) atoms. The lowest BCUT2D eigenvalue weighted by Crippen LogP contribution is -2.47. The minimum atomic E-state index is -0.0186. The van der Waals surface area contributed by atoms with E-state index in [0.29, 0.717) is 6.10 Å². The number of hydrogen-bond donors (Lipinski definition) is 0. The second kappa shape index (κ2) is 4.57. The molecule has 2 nitrogen and oxygen atoms in total. The first kappa shape index (κ1) is 12.7. The molecule has 0 radical (unpaired) electrons. The van der Waals surface area contributed by atoms with Gasteiger partial charge < -0.3 is 9.47 Å². The monoisotopic (exact) mass is 284 g/mol. The fraction of sp³-hybridized carbons (Fsp3) is 0.684. The summed E-state index contributed by atoms with van der Waals surface area (Å²) in [5.74, 6) is 3.64. The first-order valence-corrected chi connectivity index (χ1v) is 8.66. The molecule has 4 unspecified atom stereocenters. The Morgan fingerprint density at radius 3 is 2.71 bits per heavy atom. The van der Waals surface area contributed by atoms with Crippen LogP contribution in [0.5, 0.6) is 0 Å². The molecule has 2 heteroatoms. The molecule has 5 aliphatic rings. The summed E-state index contributed by atoms with van der Waals surface area (Å²) < 4.78 is 12.0. The van der Waals surface area contributed by atoms with Crippen molar-refractivity contribution in [3.05, 3.63) is 35.9 Å². The van der Waals surface area contributed by atoms with Crippen molar-refractivity contribution < 1.29 is 9.47 Å². The van der Waals surface area contributed by atoms with E-state index in [1.54, 1.807) is 0 Å². The molecule has 2 bridgehead atoms. The maximum atomic E-state index is 6.61. The van der Waals surface area contributed by atoms with Gasteiger partial charge in [-0.25, -0.2) is 0 Å². The highest BCUT2D eigenvalue weighted by Gasteiger charge is 2.58. The third-order valence-electron chi connectivity index (χ3n) is 6.62. The van der Waals surface area contributed by atoms with Gasteiger partial charge >= 0.3 is 0 Å². The lowest BCUT2D eigenvalue weighted by molar-refractivity contribution is -0.126. The Hall–Kier alpha value is -0.860. The van der Waals surface area contributed by atoms with E-state index < -0.39 is 0 Å². The molecule has 1 aromatic rings. The largest absolute Gasteiger partial charge is 0.371 e. The highest BCUT2D eigenvalue weighted by atomic mass is 16.6. The molecule has 6 rings (SSSR count). The quantitative estimate of drug-likeness (QED) is 0.785. The molecule has 4 aliphatic carbocycles. The topological polar surface area (TPSA) is 21.8 Å². The SMILES string of the molecule is c1ccc(C2(OCC3CO3)CCC3C4CC(C4)CC32)cc1. The van der Waals surface area contributed by atoms with Crippen LogP contribution in [0.4, 0.5) is 0 Å². The van der Waals surface area contributed by atoms with Gasteiger partial charge in [-0.3, -0.25) is 0 Å². The van der Waals surface area contributed by atoms with Crippen molar-refractivity contribution in [3.63, 3.8) is 0 Å². The zero-order valence-corrected chi connectivity index (χ0v) is 12.5. The summed E-state index contributed by atoms with van der Waals surface area (Å²) in [5.41, 5.74) is 1.40. The Kier molecular flexibility index (Phi) is 2.75. The first-order valence-electron chi connectivity index (χ1n) is 8.66. The Morgan fingerprint density at radius 1 is 1.14 bits per heavy atom. The van der Waals surface area contributed by atoms with Gasteiger partial charge in [0.15, 0.2) is 0 Å². The summed E-state index contributed by atoms with van der Waals surface area (Å²) in [6.07, 6.45) is 7.32. The van der Waals surface area contributed by atoms with Gasteiger partial charge in [0, 0.05) is 0 Å². The zero-order chi connectivity index (χ0) is 13.9. The van der Waals surface area contributed by atoms with Crippen molar-refractivity contribution in [1.29, 1.82) is 0 Å². The van der Waals surface area contributed by atoms with Crippen molar-refractivity contribution in [3.8, 4) is 0 Å². The Morgan fingerprint density at radius 2 is 1.95 bits per heavy atom. The van der Waals surface area contributed by atoms with Crippen molar-refractivity contribution in [2.45, 2.75) is 43.8 Å². The van der Waals surface area contributed by atoms with Gasteiger partial charge in [0.2, 0.25) is 0 Å². The Labute approximate surface area is 126 Å². The summed E-state index contributed by atoms with van der Waals surface area (Å²) in [7, 11) is 0. The van der Waals surface area contributed by atoms with Gasteiger partial charge in [0.1, 0.15) is 6.10 Å². The van der Waals surface area contributed by atoms with E-state index in [4.69, 9.17) is 9.47 Å². The van der Waals surface area contributed by atoms with E-state index in [1.807, 2.05) is 0 Å².